The summed E-state index contributed by atoms with van der Waals surface area (Å²) in [7, 11) is 2.01. The van der Waals surface area contributed by atoms with Gasteiger partial charge in [-0.2, -0.15) is 0 Å². The fourth-order valence-corrected chi connectivity index (χ4v) is 2.53. The second-order valence-electron chi connectivity index (χ2n) is 5.24. The summed E-state index contributed by atoms with van der Waals surface area (Å²) in [4.78, 5) is 9.28. The molecule has 0 aromatic carbocycles. The van der Waals surface area contributed by atoms with Crippen molar-refractivity contribution in [3.8, 4) is 0 Å². The van der Waals surface area contributed by atoms with Crippen molar-refractivity contribution in [3.63, 3.8) is 0 Å². The van der Waals surface area contributed by atoms with E-state index in [-0.39, 0.29) is 5.41 Å². The van der Waals surface area contributed by atoms with Crippen molar-refractivity contribution < 1.29 is 0 Å². The lowest BCUT2D eigenvalue weighted by Crippen LogP contribution is -2.26. The van der Waals surface area contributed by atoms with Gasteiger partial charge in [-0.25, -0.2) is 9.97 Å². The van der Waals surface area contributed by atoms with Crippen LogP contribution >= 0.6 is 0 Å². The van der Waals surface area contributed by atoms with Gasteiger partial charge in [0.1, 0.15) is 5.82 Å². The second kappa shape index (κ2) is 3.81. The van der Waals surface area contributed by atoms with Gasteiger partial charge in [-0.1, -0.05) is 6.42 Å². The van der Waals surface area contributed by atoms with E-state index in [0.717, 1.165) is 12.4 Å². The maximum absolute atomic E-state index is 4.80. The van der Waals surface area contributed by atoms with Crippen LogP contribution in [0.4, 0.5) is 0 Å². The van der Waals surface area contributed by atoms with Crippen molar-refractivity contribution in [2.24, 2.45) is 0 Å². The maximum atomic E-state index is 4.80. The summed E-state index contributed by atoms with van der Waals surface area (Å²) in [6.45, 7) is 1.01. The van der Waals surface area contributed by atoms with E-state index in [2.05, 4.69) is 16.4 Å². The third kappa shape index (κ3) is 1.63. The van der Waals surface area contributed by atoms with Crippen LogP contribution < -0.4 is 5.32 Å². The van der Waals surface area contributed by atoms with Gasteiger partial charge in [0.2, 0.25) is 0 Å². The first-order valence-corrected chi connectivity index (χ1v) is 6.32. The topological polar surface area (TPSA) is 37.8 Å². The molecule has 2 aliphatic rings. The molecular weight excluding hydrogens is 198 g/mol. The molecule has 2 fully saturated rings. The summed E-state index contributed by atoms with van der Waals surface area (Å²) >= 11 is 0. The Morgan fingerprint density at radius 2 is 2.25 bits per heavy atom. The molecule has 1 aromatic heterocycles. The van der Waals surface area contributed by atoms with Crippen molar-refractivity contribution in [1.82, 2.24) is 15.3 Å². The fraction of sp³-hybridized carbons (Fsp3) is 0.692. The Morgan fingerprint density at radius 3 is 2.81 bits per heavy atom. The largest absolute Gasteiger partial charge is 0.319 e. The molecule has 2 aliphatic carbocycles. The summed E-state index contributed by atoms with van der Waals surface area (Å²) in [5, 5.41) is 3.27. The highest BCUT2D eigenvalue weighted by molar-refractivity contribution is 5.22. The van der Waals surface area contributed by atoms with Gasteiger partial charge >= 0.3 is 0 Å². The number of hydrogen-bond donors (Lipinski definition) is 1. The number of nitrogens with one attached hydrogen (secondary N) is 1. The van der Waals surface area contributed by atoms with Gasteiger partial charge in [0.15, 0.2) is 0 Å². The quantitative estimate of drug-likeness (QED) is 0.838. The molecule has 0 bridgehead atoms. The van der Waals surface area contributed by atoms with E-state index < -0.39 is 0 Å². The normalized spacial score (nSPS) is 22.8. The molecule has 1 N–H and O–H groups in total. The smallest absolute Gasteiger partial charge is 0.135 e. The van der Waals surface area contributed by atoms with Crippen LogP contribution in [-0.2, 0) is 5.41 Å². The van der Waals surface area contributed by atoms with Crippen molar-refractivity contribution in [1.29, 1.82) is 0 Å². The highest BCUT2D eigenvalue weighted by Crippen LogP contribution is 2.46. The molecule has 3 rings (SSSR count). The second-order valence-corrected chi connectivity index (χ2v) is 5.24. The molecule has 1 heterocycles. The SMILES string of the molecule is CNCC1(c2nccc(C3CCC3)n2)CC1. The summed E-state index contributed by atoms with van der Waals surface area (Å²) in [6.07, 6.45) is 8.42. The van der Waals surface area contributed by atoms with Crippen molar-refractivity contribution in [2.45, 2.75) is 43.4 Å². The van der Waals surface area contributed by atoms with Crippen LogP contribution in [0.1, 0.15) is 49.5 Å². The van der Waals surface area contributed by atoms with Gasteiger partial charge in [-0.05, 0) is 38.8 Å². The molecule has 2 saturated carbocycles. The number of aromatic nitrogens is 2. The molecule has 3 nitrogen and oxygen atoms in total. The van der Waals surface area contributed by atoms with Crippen LogP contribution in [0.15, 0.2) is 12.3 Å². The van der Waals surface area contributed by atoms with Gasteiger partial charge in [-0.3, -0.25) is 0 Å². The first-order valence-electron chi connectivity index (χ1n) is 6.32. The fourth-order valence-electron chi connectivity index (χ4n) is 2.53. The van der Waals surface area contributed by atoms with Crippen LogP contribution in [0.2, 0.25) is 0 Å². The van der Waals surface area contributed by atoms with E-state index in [9.17, 15) is 0 Å². The van der Waals surface area contributed by atoms with Gasteiger partial charge in [0.05, 0.1) is 0 Å². The highest BCUT2D eigenvalue weighted by Gasteiger charge is 2.46. The Hall–Kier alpha value is -0.960. The van der Waals surface area contributed by atoms with Crippen molar-refractivity contribution in [3.05, 3.63) is 23.8 Å². The summed E-state index contributed by atoms with van der Waals surface area (Å²) in [6, 6.07) is 2.10. The predicted molar refractivity (Wildman–Crippen MR) is 63.5 cm³/mol. The summed E-state index contributed by atoms with van der Waals surface area (Å²) < 4.78 is 0. The maximum Gasteiger partial charge on any atom is 0.135 e. The molecule has 0 amide bonds. The van der Waals surface area contributed by atoms with Crippen molar-refractivity contribution in [2.75, 3.05) is 13.6 Å². The van der Waals surface area contributed by atoms with E-state index in [1.54, 1.807) is 0 Å². The van der Waals surface area contributed by atoms with E-state index >= 15 is 0 Å². The molecule has 0 saturated heterocycles. The lowest BCUT2D eigenvalue weighted by molar-refractivity contribution is 0.407. The molecule has 0 radical (unpaired) electrons. The van der Waals surface area contributed by atoms with Gasteiger partial charge in [0, 0.05) is 29.8 Å². The highest BCUT2D eigenvalue weighted by atomic mass is 15.0. The minimum absolute atomic E-state index is 0.258. The molecule has 0 unspecified atom stereocenters. The Labute approximate surface area is 96.7 Å². The Morgan fingerprint density at radius 1 is 1.44 bits per heavy atom. The molecule has 0 atom stereocenters. The number of nitrogens with zero attached hydrogens (tertiary/aromatic N) is 2. The third-order valence-electron chi connectivity index (χ3n) is 4.04. The molecule has 3 heteroatoms. The standard InChI is InChI=1S/C13H19N3/c1-14-9-13(6-7-13)12-15-8-5-11(16-12)10-3-2-4-10/h5,8,10,14H,2-4,6-7,9H2,1H3. The Kier molecular flexibility index (Phi) is 2.43. The van der Waals surface area contributed by atoms with Gasteiger partial charge in [-0.15, -0.1) is 0 Å². The zero-order valence-electron chi connectivity index (χ0n) is 9.87. The van der Waals surface area contributed by atoms with E-state index in [0.29, 0.717) is 5.92 Å². The minimum atomic E-state index is 0.258. The third-order valence-corrected chi connectivity index (χ3v) is 4.04. The lowest BCUT2D eigenvalue weighted by Gasteiger charge is -2.25. The average molecular weight is 217 g/mol. The molecule has 86 valence electrons. The van der Waals surface area contributed by atoms with Gasteiger partial charge < -0.3 is 5.32 Å². The number of hydrogen-bond acceptors (Lipinski definition) is 3. The number of likely N-dealkylation sites (N-methyl/N-ethyl adjacent to an activating group) is 1. The first-order chi connectivity index (χ1) is 7.84. The molecule has 0 spiro atoms. The molecule has 16 heavy (non-hydrogen) atoms. The van der Waals surface area contributed by atoms with E-state index in [1.807, 2.05) is 13.2 Å². The minimum Gasteiger partial charge on any atom is -0.319 e. The van der Waals surface area contributed by atoms with Crippen LogP contribution in [-0.4, -0.2) is 23.6 Å². The molecular formula is C13H19N3. The molecule has 0 aliphatic heterocycles. The van der Waals surface area contributed by atoms with Crippen LogP contribution in [0.5, 0.6) is 0 Å². The Balaban J connectivity index is 1.84. The summed E-state index contributed by atoms with van der Waals surface area (Å²) in [5.41, 5.74) is 1.53. The van der Waals surface area contributed by atoms with Gasteiger partial charge in [0.25, 0.3) is 0 Å². The van der Waals surface area contributed by atoms with Crippen LogP contribution in [0, 0.1) is 0 Å². The first kappa shape index (κ1) is 10.2. The monoisotopic (exact) mass is 217 g/mol. The van der Waals surface area contributed by atoms with Crippen LogP contribution in [0.25, 0.3) is 0 Å². The zero-order chi connectivity index (χ0) is 11.0. The van der Waals surface area contributed by atoms with Crippen LogP contribution in [0.3, 0.4) is 0 Å². The number of rotatable bonds is 4. The average Bonchev–Trinajstić information content (AvgIpc) is 2.97. The van der Waals surface area contributed by atoms with Crippen molar-refractivity contribution >= 4 is 0 Å². The predicted octanol–water partition coefficient (Wildman–Crippen LogP) is 2.00. The Bertz CT molecular complexity index is 381. The van der Waals surface area contributed by atoms with E-state index in [4.69, 9.17) is 4.98 Å². The molecule has 1 aromatic rings. The lowest BCUT2D eigenvalue weighted by atomic mass is 9.83. The zero-order valence-corrected chi connectivity index (χ0v) is 9.87. The van der Waals surface area contributed by atoms with E-state index in [1.165, 1.54) is 37.8 Å². The summed E-state index contributed by atoms with van der Waals surface area (Å²) in [5.74, 6) is 1.79.